The maximum atomic E-state index is 12.1. The molecular weight excluding hydrogens is 547 g/mol. The molecule has 4 rings (SSSR count). The molecule has 0 spiro atoms. The molecule has 0 aliphatic carbocycles. The number of anilines is 1. The fourth-order valence-corrected chi connectivity index (χ4v) is 4.77. The van der Waals surface area contributed by atoms with Crippen LogP contribution in [0.25, 0.3) is 0 Å². The van der Waals surface area contributed by atoms with Crippen molar-refractivity contribution in [2.24, 2.45) is 0 Å². The summed E-state index contributed by atoms with van der Waals surface area (Å²) < 4.78 is 11.3. The van der Waals surface area contributed by atoms with Gasteiger partial charge in [-0.2, -0.15) is 4.73 Å². The second kappa shape index (κ2) is 12.0. The number of aromatic nitrogens is 1. The van der Waals surface area contributed by atoms with E-state index in [0.29, 0.717) is 28.5 Å². The fraction of sp³-hybridized carbons (Fsp3) is 0.280. The lowest BCUT2D eigenvalue weighted by Gasteiger charge is -2.36. The Hall–Kier alpha value is -2.04. The monoisotopic (exact) mass is 568 g/mol. The van der Waals surface area contributed by atoms with Gasteiger partial charge in [0.15, 0.2) is 12.5 Å². The molecule has 190 valence electrons. The average molecular weight is 570 g/mol. The van der Waals surface area contributed by atoms with Gasteiger partial charge in [0, 0.05) is 35.6 Å². The first-order valence-electron chi connectivity index (χ1n) is 11.0. The number of carbonyl (C=O) groups excluding carboxylic acids is 1. The Morgan fingerprint density at radius 3 is 2.56 bits per heavy atom. The summed E-state index contributed by atoms with van der Waals surface area (Å²) in [6, 6.07) is 19.7. The van der Waals surface area contributed by atoms with Gasteiger partial charge in [0.05, 0.1) is 18.8 Å². The molecule has 0 radical (unpaired) electrons. The number of halogens is 3. The summed E-state index contributed by atoms with van der Waals surface area (Å²) in [7, 11) is 0. The normalized spacial score (nSPS) is 20.2. The lowest BCUT2D eigenvalue weighted by Crippen LogP contribution is -2.33. The molecule has 0 bridgehead atoms. The molecule has 1 aromatic heterocycles. The molecule has 7 nitrogen and oxygen atoms in total. The maximum Gasteiger partial charge on any atom is 0.276 e. The first kappa shape index (κ1) is 27.0. The predicted octanol–water partition coefficient (Wildman–Crippen LogP) is 5.46. The van der Waals surface area contributed by atoms with E-state index in [1.54, 1.807) is 30.3 Å². The number of rotatable bonds is 7. The van der Waals surface area contributed by atoms with Crippen LogP contribution >= 0.6 is 46.6 Å². The second-order valence-electron chi connectivity index (χ2n) is 8.10. The zero-order valence-corrected chi connectivity index (χ0v) is 21.9. The number of pyridine rings is 1. The van der Waals surface area contributed by atoms with E-state index in [9.17, 15) is 15.1 Å². The minimum absolute atomic E-state index is 0.0459. The van der Waals surface area contributed by atoms with E-state index < -0.39 is 16.0 Å². The number of benzene rings is 2. The highest BCUT2D eigenvalue weighted by Gasteiger charge is 2.34. The van der Waals surface area contributed by atoms with Crippen LogP contribution in [0.4, 0.5) is 5.69 Å². The first-order chi connectivity index (χ1) is 17.2. The third-order valence-corrected chi connectivity index (χ3v) is 7.16. The molecular formula is C25H23Cl3N2O5S. The Morgan fingerprint density at radius 1 is 1.08 bits per heavy atom. The number of aliphatic hydroxyl groups is 1. The van der Waals surface area contributed by atoms with Crippen molar-refractivity contribution in [3.05, 3.63) is 94.8 Å². The summed E-state index contributed by atoms with van der Waals surface area (Å²) in [6.07, 6.45) is 0.745. The molecule has 1 amide bonds. The van der Waals surface area contributed by atoms with Gasteiger partial charge in [0.1, 0.15) is 0 Å². The molecule has 1 aliphatic rings. The standard InChI is InChI=1S/C25H23Cl3N2O5S/c26-25(27,28)24(32)29-19-5-3-4-18(12-19)23-34-20(15-36-22-6-1-2-11-30(22)33)13-21(35-23)17-9-7-16(14-31)8-10-17/h1-12,20-21,23,31H,13-15H2,(H,29,32)/t20-,21+,23+/m0/s1. The third-order valence-electron chi connectivity index (χ3n) is 5.49. The summed E-state index contributed by atoms with van der Waals surface area (Å²) in [5, 5.41) is 24.6. The molecule has 0 saturated carbocycles. The van der Waals surface area contributed by atoms with Crippen LogP contribution in [0.15, 0.2) is 78.0 Å². The van der Waals surface area contributed by atoms with E-state index in [-0.39, 0.29) is 18.8 Å². The second-order valence-corrected chi connectivity index (χ2v) is 11.4. The number of ether oxygens (including phenoxy) is 2. The molecule has 3 aromatic rings. The first-order valence-corrected chi connectivity index (χ1v) is 13.1. The van der Waals surface area contributed by atoms with Gasteiger partial charge in [0.2, 0.25) is 0 Å². The van der Waals surface area contributed by atoms with Crippen molar-refractivity contribution in [1.82, 2.24) is 0 Å². The Bertz CT molecular complexity index is 1190. The number of nitrogens with one attached hydrogen (secondary N) is 1. The van der Waals surface area contributed by atoms with Gasteiger partial charge >= 0.3 is 0 Å². The smallest absolute Gasteiger partial charge is 0.276 e. The van der Waals surface area contributed by atoms with Crippen LogP contribution in [0.3, 0.4) is 0 Å². The van der Waals surface area contributed by atoms with Crippen LogP contribution < -0.4 is 10.0 Å². The van der Waals surface area contributed by atoms with E-state index >= 15 is 0 Å². The van der Waals surface area contributed by atoms with Crippen LogP contribution in [0.2, 0.25) is 0 Å². The SMILES string of the molecule is O=C(Nc1cccc([C@@H]2O[C@H](CSc3cccc[n+]3[O-])C[C@H](c3ccc(CO)cc3)O2)c1)C(Cl)(Cl)Cl. The zero-order valence-electron chi connectivity index (χ0n) is 18.9. The summed E-state index contributed by atoms with van der Waals surface area (Å²) in [6.45, 7) is -0.0459. The number of amides is 1. The molecule has 1 aliphatic heterocycles. The number of carbonyl (C=O) groups is 1. The maximum absolute atomic E-state index is 12.1. The number of alkyl halides is 3. The van der Waals surface area contributed by atoms with Crippen molar-refractivity contribution in [3.8, 4) is 0 Å². The van der Waals surface area contributed by atoms with Crippen molar-refractivity contribution in [1.29, 1.82) is 0 Å². The molecule has 36 heavy (non-hydrogen) atoms. The van der Waals surface area contributed by atoms with Gasteiger partial charge in [-0.1, -0.05) is 83.0 Å². The van der Waals surface area contributed by atoms with Crippen molar-refractivity contribution in [2.75, 3.05) is 11.1 Å². The summed E-state index contributed by atoms with van der Waals surface area (Å²) in [5.74, 6) is -0.249. The van der Waals surface area contributed by atoms with Gasteiger partial charge in [-0.05, 0) is 29.3 Å². The Kier molecular flexibility index (Phi) is 9.00. The molecule has 2 heterocycles. The van der Waals surface area contributed by atoms with Crippen molar-refractivity contribution in [3.63, 3.8) is 0 Å². The fourth-order valence-electron chi connectivity index (χ4n) is 3.69. The topological polar surface area (TPSA) is 94.7 Å². The van der Waals surface area contributed by atoms with Crippen LogP contribution in [-0.2, 0) is 20.9 Å². The summed E-state index contributed by atoms with van der Waals surface area (Å²) in [4.78, 5) is 12.1. The largest absolute Gasteiger partial charge is 0.618 e. The van der Waals surface area contributed by atoms with Crippen LogP contribution in [-0.4, -0.2) is 26.7 Å². The van der Waals surface area contributed by atoms with Crippen LogP contribution in [0.5, 0.6) is 0 Å². The van der Waals surface area contributed by atoms with Crippen LogP contribution in [0.1, 0.15) is 35.5 Å². The molecule has 1 saturated heterocycles. The highest BCUT2D eigenvalue weighted by Crippen LogP contribution is 2.40. The Labute approximate surface area is 227 Å². The molecule has 1 fully saturated rings. The van der Waals surface area contributed by atoms with E-state index in [2.05, 4.69) is 5.32 Å². The molecule has 2 aromatic carbocycles. The van der Waals surface area contributed by atoms with E-state index in [0.717, 1.165) is 15.9 Å². The number of hydrogen-bond acceptors (Lipinski definition) is 6. The Morgan fingerprint density at radius 2 is 1.86 bits per heavy atom. The highest BCUT2D eigenvalue weighted by atomic mass is 35.6. The van der Waals surface area contributed by atoms with Gasteiger partial charge < -0.3 is 25.1 Å². The van der Waals surface area contributed by atoms with E-state index in [4.69, 9.17) is 44.3 Å². The molecule has 3 atom stereocenters. The lowest BCUT2D eigenvalue weighted by atomic mass is 10.0. The van der Waals surface area contributed by atoms with Gasteiger partial charge in [0.25, 0.3) is 14.7 Å². The summed E-state index contributed by atoms with van der Waals surface area (Å²) >= 11 is 18.4. The van der Waals surface area contributed by atoms with Crippen molar-refractivity contribution in [2.45, 2.75) is 40.3 Å². The zero-order chi connectivity index (χ0) is 25.7. The van der Waals surface area contributed by atoms with Crippen LogP contribution in [0, 0.1) is 5.21 Å². The van der Waals surface area contributed by atoms with E-state index in [1.165, 1.54) is 18.0 Å². The number of nitrogens with zero attached hydrogens (tertiary/aromatic N) is 1. The molecule has 0 unspecified atom stereocenters. The van der Waals surface area contributed by atoms with Crippen molar-refractivity contribution < 1.29 is 24.1 Å². The number of hydrogen-bond donors (Lipinski definition) is 2. The van der Waals surface area contributed by atoms with Crippen molar-refractivity contribution >= 4 is 58.2 Å². The highest BCUT2D eigenvalue weighted by molar-refractivity contribution is 7.99. The molecule has 2 N–H and O–H groups in total. The minimum Gasteiger partial charge on any atom is -0.618 e. The molecule has 11 heteroatoms. The third kappa shape index (κ3) is 7.04. The van der Waals surface area contributed by atoms with Gasteiger partial charge in [-0.3, -0.25) is 4.79 Å². The lowest BCUT2D eigenvalue weighted by molar-refractivity contribution is -0.645. The van der Waals surface area contributed by atoms with E-state index in [1.807, 2.05) is 36.4 Å². The quantitative estimate of drug-likeness (QED) is 0.170. The summed E-state index contributed by atoms with van der Waals surface area (Å²) in [5.41, 5.74) is 2.83. The Balaban J connectivity index is 1.56. The van der Waals surface area contributed by atoms with Gasteiger partial charge in [-0.25, -0.2) is 0 Å². The number of aliphatic hydroxyl groups excluding tert-OH is 1. The predicted molar refractivity (Wildman–Crippen MR) is 140 cm³/mol. The minimum atomic E-state index is -2.10. The van der Waals surface area contributed by atoms with Gasteiger partial charge in [-0.15, -0.1) is 0 Å². The average Bonchev–Trinajstić information content (AvgIpc) is 2.88. The number of thioether (sulfide) groups is 1.